The molecule has 0 aromatic carbocycles. The SMILES string of the molecule is O=C(O)CCC1=NNC(=S)C1. The van der Waals surface area contributed by atoms with Crippen LogP contribution in [0.5, 0.6) is 0 Å². The zero-order valence-corrected chi connectivity index (χ0v) is 6.65. The fourth-order valence-corrected chi connectivity index (χ4v) is 1.01. The molecule has 5 heteroatoms. The van der Waals surface area contributed by atoms with Gasteiger partial charge in [0.2, 0.25) is 0 Å². The van der Waals surface area contributed by atoms with Crippen LogP contribution < -0.4 is 5.43 Å². The van der Waals surface area contributed by atoms with E-state index in [2.05, 4.69) is 10.5 Å². The highest BCUT2D eigenvalue weighted by Crippen LogP contribution is 2.03. The van der Waals surface area contributed by atoms with E-state index in [1.54, 1.807) is 0 Å². The second-order valence-electron chi connectivity index (χ2n) is 2.28. The maximum Gasteiger partial charge on any atom is 0.303 e. The van der Waals surface area contributed by atoms with Crippen LogP contribution in [0.3, 0.4) is 0 Å². The Hall–Kier alpha value is -0.970. The van der Waals surface area contributed by atoms with E-state index in [4.69, 9.17) is 17.3 Å². The molecule has 1 aliphatic heterocycles. The lowest BCUT2D eigenvalue weighted by Crippen LogP contribution is -2.06. The molecule has 60 valence electrons. The van der Waals surface area contributed by atoms with Crippen LogP contribution in [0, 0.1) is 0 Å². The molecule has 1 aliphatic rings. The Morgan fingerprint density at radius 1 is 1.82 bits per heavy atom. The first-order valence-electron chi connectivity index (χ1n) is 3.24. The van der Waals surface area contributed by atoms with Crippen LogP contribution in [0.15, 0.2) is 5.10 Å². The Morgan fingerprint density at radius 2 is 2.55 bits per heavy atom. The molecular weight excluding hydrogens is 164 g/mol. The lowest BCUT2D eigenvalue weighted by atomic mass is 10.2. The predicted octanol–water partition coefficient (Wildman–Crippen LogP) is 0.528. The molecule has 0 saturated heterocycles. The molecule has 0 saturated carbocycles. The highest BCUT2D eigenvalue weighted by molar-refractivity contribution is 7.80. The summed E-state index contributed by atoms with van der Waals surface area (Å²) in [5.74, 6) is -0.800. The summed E-state index contributed by atoms with van der Waals surface area (Å²) in [4.78, 5) is 10.8. The Kier molecular flexibility index (Phi) is 2.53. The molecule has 0 unspecified atom stereocenters. The van der Waals surface area contributed by atoms with Gasteiger partial charge in [-0.3, -0.25) is 10.2 Å². The van der Waals surface area contributed by atoms with Gasteiger partial charge in [0.1, 0.15) is 4.99 Å². The molecule has 1 rings (SSSR count). The fourth-order valence-electron chi connectivity index (χ4n) is 0.801. The van der Waals surface area contributed by atoms with Crippen LogP contribution in [0.2, 0.25) is 0 Å². The summed E-state index contributed by atoms with van der Waals surface area (Å²) < 4.78 is 0. The van der Waals surface area contributed by atoms with Gasteiger partial charge in [-0.25, -0.2) is 0 Å². The number of aliphatic carboxylic acids is 1. The molecule has 0 fully saturated rings. The average molecular weight is 172 g/mol. The molecule has 2 N–H and O–H groups in total. The first-order valence-corrected chi connectivity index (χ1v) is 3.65. The van der Waals surface area contributed by atoms with E-state index in [1.165, 1.54) is 0 Å². The number of hydrogen-bond donors (Lipinski definition) is 2. The molecule has 0 radical (unpaired) electrons. The van der Waals surface area contributed by atoms with Crippen molar-refractivity contribution in [1.29, 1.82) is 0 Å². The van der Waals surface area contributed by atoms with E-state index < -0.39 is 5.97 Å². The van der Waals surface area contributed by atoms with Gasteiger partial charge in [0, 0.05) is 12.1 Å². The van der Waals surface area contributed by atoms with Crippen molar-refractivity contribution in [3.8, 4) is 0 Å². The molecule has 1 heterocycles. The third kappa shape index (κ3) is 2.63. The third-order valence-corrected chi connectivity index (χ3v) is 1.57. The van der Waals surface area contributed by atoms with Crippen molar-refractivity contribution >= 4 is 28.9 Å². The van der Waals surface area contributed by atoms with Crippen molar-refractivity contribution in [2.45, 2.75) is 19.3 Å². The average Bonchev–Trinajstić information content (AvgIpc) is 2.31. The minimum atomic E-state index is -0.800. The van der Waals surface area contributed by atoms with E-state index in [0.29, 0.717) is 17.8 Å². The van der Waals surface area contributed by atoms with Crippen molar-refractivity contribution in [2.75, 3.05) is 0 Å². The molecule has 11 heavy (non-hydrogen) atoms. The monoisotopic (exact) mass is 172 g/mol. The number of rotatable bonds is 3. The van der Waals surface area contributed by atoms with Crippen LogP contribution in [0.1, 0.15) is 19.3 Å². The van der Waals surface area contributed by atoms with Gasteiger partial charge < -0.3 is 5.11 Å². The van der Waals surface area contributed by atoms with Crippen LogP contribution in [-0.4, -0.2) is 21.8 Å². The maximum absolute atomic E-state index is 10.1. The van der Waals surface area contributed by atoms with E-state index >= 15 is 0 Å². The molecular formula is C6H8N2O2S. The number of hydrazone groups is 1. The number of carboxylic acids is 1. The fraction of sp³-hybridized carbons (Fsp3) is 0.500. The van der Waals surface area contributed by atoms with Crippen molar-refractivity contribution in [1.82, 2.24) is 5.43 Å². The summed E-state index contributed by atoms with van der Waals surface area (Å²) >= 11 is 4.80. The van der Waals surface area contributed by atoms with Crippen molar-refractivity contribution < 1.29 is 9.90 Å². The third-order valence-electron chi connectivity index (χ3n) is 1.33. The quantitative estimate of drug-likeness (QED) is 0.609. The summed E-state index contributed by atoms with van der Waals surface area (Å²) in [5, 5.41) is 12.2. The maximum atomic E-state index is 10.1. The number of carbonyl (C=O) groups is 1. The lowest BCUT2D eigenvalue weighted by Gasteiger charge is -1.92. The first-order chi connectivity index (χ1) is 5.18. The van der Waals surface area contributed by atoms with E-state index in [9.17, 15) is 4.79 Å². The van der Waals surface area contributed by atoms with Gasteiger partial charge in [-0.05, 0) is 6.42 Å². The summed E-state index contributed by atoms with van der Waals surface area (Å²) in [6.07, 6.45) is 1.23. The van der Waals surface area contributed by atoms with Crippen LogP contribution in [0.25, 0.3) is 0 Å². The zero-order chi connectivity index (χ0) is 8.27. The Bertz CT molecular complexity index is 225. The summed E-state index contributed by atoms with van der Waals surface area (Å²) in [6.45, 7) is 0. The lowest BCUT2D eigenvalue weighted by molar-refractivity contribution is -0.136. The largest absolute Gasteiger partial charge is 0.481 e. The van der Waals surface area contributed by atoms with Gasteiger partial charge in [-0.1, -0.05) is 12.2 Å². The Labute approximate surface area is 69.3 Å². The zero-order valence-electron chi connectivity index (χ0n) is 5.83. The minimum Gasteiger partial charge on any atom is -0.481 e. The van der Waals surface area contributed by atoms with E-state index in [0.717, 1.165) is 5.71 Å². The highest BCUT2D eigenvalue weighted by Gasteiger charge is 2.11. The summed E-state index contributed by atoms with van der Waals surface area (Å²) in [6, 6.07) is 0. The molecule has 0 aliphatic carbocycles. The van der Waals surface area contributed by atoms with Gasteiger partial charge >= 0.3 is 5.97 Å². The van der Waals surface area contributed by atoms with E-state index in [1.807, 2.05) is 0 Å². The number of hydrogen-bond acceptors (Lipinski definition) is 3. The van der Waals surface area contributed by atoms with Gasteiger partial charge in [0.25, 0.3) is 0 Å². The van der Waals surface area contributed by atoms with Crippen molar-refractivity contribution in [2.24, 2.45) is 5.10 Å². The van der Waals surface area contributed by atoms with Crippen LogP contribution >= 0.6 is 12.2 Å². The smallest absolute Gasteiger partial charge is 0.303 e. The molecule has 0 bridgehead atoms. The summed E-state index contributed by atoms with van der Waals surface area (Å²) in [5.41, 5.74) is 3.45. The second-order valence-corrected chi connectivity index (χ2v) is 2.78. The highest BCUT2D eigenvalue weighted by atomic mass is 32.1. The van der Waals surface area contributed by atoms with Crippen molar-refractivity contribution in [3.63, 3.8) is 0 Å². The molecule has 0 aromatic rings. The number of nitrogens with zero attached hydrogens (tertiary/aromatic N) is 1. The van der Waals surface area contributed by atoms with Crippen LogP contribution in [0.4, 0.5) is 0 Å². The summed E-state index contributed by atoms with van der Waals surface area (Å²) in [7, 11) is 0. The van der Waals surface area contributed by atoms with Gasteiger partial charge in [-0.2, -0.15) is 5.10 Å². The number of thiocarbonyl (C=S) groups is 1. The molecule has 0 amide bonds. The molecule has 0 spiro atoms. The normalized spacial score (nSPS) is 16.0. The standard InChI is InChI=1S/C6H8N2O2S/c9-6(10)2-1-4-3-5(11)8-7-4/h1-3H2,(H,8,11)(H,9,10). The second kappa shape index (κ2) is 3.43. The molecule has 4 nitrogen and oxygen atoms in total. The van der Waals surface area contributed by atoms with Crippen molar-refractivity contribution in [3.05, 3.63) is 0 Å². The Balaban J connectivity index is 2.28. The minimum absolute atomic E-state index is 0.128. The first kappa shape index (κ1) is 8.13. The van der Waals surface area contributed by atoms with E-state index in [-0.39, 0.29) is 6.42 Å². The predicted molar refractivity (Wildman–Crippen MR) is 44.7 cm³/mol. The van der Waals surface area contributed by atoms with Gasteiger partial charge in [-0.15, -0.1) is 0 Å². The Morgan fingerprint density at radius 3 is 3.00 bits per heavy atom. The number of nitrogens with one attached hydrogen (secondary N) is 1. The molecule has 0 aromatic heterocycles. The van der Waals surface area contributed by atoms with Gasteiger partial charge in [0.05, 0.1) is 6.42 Å². The van der Waals surface area contributed by atoms with Gasteiger partial charge in [0.15, 0.2) is 0 Å². The molecule has 0 atom stereocenters. The number of carboxylic acid groups (broad SMARTS) is 1. The van der Waals surface area contributed by atoms with Crippen LogP contribution in [-0.2, 0) is 4.79 Å². The topological polar surface area (TPSA) is 61.7 Å².